The van der Waals surface area contributed by atoms with Crippen molar-refractivity contribution in [3.63, 3.8) is 0 Å². The molecule has 1 saturated heterocycles. The van der Waals surface area contributed by atoms with Crippen molar-refractivity contribution in [3.8, 4) is 0 Å². The summed E-state index contributed by atoms with van der Waals surface area (Å²) in [5, 5.41) is 11.3. The Morgan fingerprint density at radius 2 is 2.39 bits per heavy atom. The van der Waals surface area contributed by atoms with Crippen LogP contribution in [0.5, 0.6) is 0 Å². The molecule has 6 heteroatoms. The third kappa shape index (κ3) is 3.82. The van der Waals surface area contributed by atoms with E-state index in [9.17, 15) is 4.79 Å². The fraction of sp³-hybridized carbons (Fsp3) is 0.529. The number of carbonyl (C=O) groups is 1. The van der Waals surface area contributed by atoms with Crippen molar-refractivity contribution in [1.82, 2.24) is 20.0 Å². The maximum absolute atomic E-state index is 12.0. The van der Waals surface area contributed by atoms with Crippen molar-refractivity contribution < 1.29 is 4.79 Å². The van der Waals surface area contributed by atoms with Gasteiger partial charge in [-0.25, -0.2) is 0 Å². The molecule has 5 nitrogen and oxygen atoms in total. The van der Waals surface area contributed by atoms with Crippen LogP contribution in [0, 0.1) is 12.8 Å². The quantitative estimate of drug-likeness (QED) is 0.884. The summed E-state index contributed by atoms with van der Waals surface area (Å²) >= 11 is 1.56. The maximum atomic E-state index is 12.0. The lowest BCUT2D eigenvalue weighted by molar-refractivity contribution is 0.0947. The second kappa shape index (κ2) is 7.27. The van der Waals surface area contributed by atoms with Crippen LogP contribution in [0.2, 0.25) is 0 Å². The summed E-state index contributed by atoms with van der Waals surface area (Å²) in [5.74, 6) is 0.587. The van der Waals surface area contributed by atoms with Crippen LogP contribution in [-0.4, -0.2) is 40.2 Å². The van der Waals surface area contributed by atoms with Crippen LogP contribution in [-0.2, 0) is 13.1 Å². The highest BCUT2D eigenvalue weighted by Gasteiger charge is 2.24. The predicted octanol–water partition coefficient (Wildman–Crippen LogP) is 2.52. The van der Waals surface area contributed by atoms with Gasteiger partial charge in [0.1, 0.15) is 0 Å². The van der Waals surface area contributed by atoms with Crippen molar-refractivity contribution in [3.05, 3.63) is 39.8 Å². The fourth-order valence-corrected chi connectivity index (χ4v) is 3.79. The summed E-state index contributed by atoms with van der Waals surface area (Å²) in [6.07, 6.45) is 3.13. The minimum Gasteiger partial charge on any atom is -0.352 e. The van der Waals surface area contributed by atoms with Crippen molar-refractivity contribution in [2.24, 2.45) is 5.92 Å². The third-order valence-corrected chi connectivity index (χ3v) is 5.29. The highest BCUT2D eigenvalue weighted by Crippen LogP contribution is 2.19. The average Bonchev–Trinajstić information content (AvgIpc) is 3.28. The first-order valence-corrected chi connectivity index (χ1v) is 9.15. The molecule has 0 unspecified atom stereocenters. The first-order valence-electron chi connectivity index (χ1n) is 8.21. The predicted molar refractivity (Wildman–Crippen MR) is 92.7 cm³/mol. The molecular formula is C17H24N4OS. The van der Waals surface area contributed by atoms with Crippen molar-refractivity contribution >= 4 is 17.2 Å². The molecule has 0 saturated carbocycles. The number of nitrogens with one attached hydrogen (secondary N) is 1. The van der Waals surface area contributed by atoms with Crippen LogP contribution >= 0.6 is 11.3 Å². The molecule has 1 aliphatic rings. The van der Waals surface area contributed by atoms with Crippen LogP contribution in [0.15, 0.2) is 23.0 Å². The zero-order chi connectivity index (χ0) is 16.2. The van der Waals surface area contributed by atoms with Gasteiger partial charge in [-0.3, -0.25) is 14.4 Å². The summed E-state index contributed by atoms with van der Waals surface area (Å²) < 4.78 is 2.05. The molecule has 1 atom stereocenters. The summed E-state index contributed by atoms with van der Waals surface area (Å²) in [5.41, 5.74) is 3.35. The van der Waals surface area contributed by atoms with E-state index in [2.05, 4.69) is 29.2 Å². The smallest absolute Gasteiger partial charge is 0.252 e. The number of amides is 1. The molecule has 3 rings (SSSR count). The number of nitrogens with zero attached hydrogens (tertiary/aromatic N) is 3. The van der Waals surface area contributed by atoms with Crippen molar-refractivity contribution in [2.75, 3.05) is 19.6 Å². The van der Waals surface area contributed by atoms with Gasteiger partial charge in [0.25, 0.3) is 5.91 Å². The van der Waals surface area contributed by atoms with Gasteiger partial charge < -0.3 is 5.32 Å². The number of aryl methyl sites for hydroxylation is 1. The molecule has 0 radical (unpaired) electrons. The van der Waals surface area contributed by atoms with E-state index in [1.807, 2.05) is 27.7 Å². The fourth-order valence-electron chi connectivity index (χ4n) is 3.16. The standard InChI is InChI=1S/C17H24N4OS/c1-3-21-13(2)16(9-19-21)11-20-6-4-14(10-20)8-18-17(22)15-5-7-23-12-15/h5,7,9,12,14H,3-4,6,8,10-11H2,1-2H3,(H,18,22)/t14-/m0/s1. The summed E-state index contributed by atoms with van der Waals surface area (Å²) in [6.45, 7) is 9.03. The Morgan fingerprint density at radius 3 is 3.09 bits per heavy atom. The first-order chi connectivity index (χ1) is 11.2. The number of thiophene rings is 1. The van der Waals surface area contributed by atoms with E-state index < -0.39 is 0 Å². The number of carbonyl (C=O) groups excluding carboxylic acids is 1. The number of hydrogen-bond acceptors (Lipinski definition) is 4. The second-order valence-electron chi connectivity index (χ2n) is 6.18. The lowest BCUT2D eigenvalue weighted by Gasteiger charge is -2.16. The van der Waals surface area contributed by atoms with E-state index in [1.54, 1.807) is 11.3 Å². The van der Waals surface area contributed by atoms with Gasteiger partial charge in [-0.1, -0.05) is 0 Å². The van der Waals surface area contributed by atoms with Crippen LogP contribution in [0.3, 0.4) is 0 Å². The van der Waals surface area contributed by atoms with E-state index >= 15 is 0 Å². The maximum Gasteiger partial charge on any atom is 0.252 e. The third-order valence-electron chi connectivity index (χ3n) is 4.60. The lowest BCUT2D eigenvalue weighted by Crippen LogP contribution is -2.30. The Hall–Kier alpha value is -1.66. The lowest BCUT2D eigenvalue weighted by atomic mass is 10.1. The van der Waals surface area contributed by atoms with Crippen LogP contribution in [0.4, 0.5) is 0 Å². The summed E-state index contributed by atoms with van der Waals surface area (Å²) in [4.78, 5) is 14.5. The number of rotatable bonds is 6. The van der Waals surface area contributed by atoms with E-state index in [4.69, 9.17) is 0 Å². The minimum absolute atomic E-state index is 0.0461. The molecule has 0 spiro atoms. The number of hydrogen-bond donors (Lipinski definition) is 1. The van der Waals surface area contributed by atoms with Crippen LogP contribution in [0.25, 0.3) is 0 Å². The van der Waals surface area contributed by atoms with Gasteiger partial charge in [-0.2, -0.15) is 16.4 Å². The highest BCUT2D eigenvalue weighted by molar-refractivity contribution is 7.08. The van der Waals surface area contributed by atoms with Gasteiger partial charge in [0, 0.05) is 48.4 Å². The van der Waals surface area contributed by atoms with Gasteiger partial charge >= 0.3 is 0 Å². The zero-order valence-corrected chi connectivity index (χ0v) is 14.6. The van der Waals surface area contributed by atoms with Gasteiger partial charge in [-0.05, 0) is 44.2 Å². The monoisotopic (exact) mass is 332 g/mol. The normalized spacial score (nSPS) is 18.4. The topological polar surface area (TPSA) is 50.2 Å². The number of aromatic nitrogens is 2. The largest absolute Gasteiger partial charge is 0.352 e. The molecule has 124 valence electrons. The van der Waals surface area contributed by atoms with Crippen molar-refractivity contribution in [1.29, 1.82) is 0 Å². The molecule has 0 aliphatic carbocycles. The Bertz CT molecular complexity index is 650. The van der Waals surface area contributed by atoms with Crippen LogP contribution in [0.1, 0.15) is 35.0 Å². The van der Waals surface area contributed by atoms with E-state index in [1.165, 1.54) is 11.3 Å². The summed E-state index contributed by atoms with van der Waals surface area (Å²) in [6, 6.07) is 1.87. The van der Waals surface area contributed by atoms with E-state index in [-0.39, 0.29) is 5.91 Å². The van der Waals surface area contributed by atoms with E-state index in [0.717, 1.165) is 44.7 Å². The van der Waals surface area contributed by atoms with Crippen LogP contribution < -0.4 is 5.32 Å². The van der Waals surface area contributed by atoms with Gasteiger partial charge in [0.15, 0.2) is 0 Å². The highest BCUT2D eigenvalue weighted by atomic mass is 32.1. The van der Waals surface area contributed by atoms with Gasteiger partial charge in [0.2, 0.25) is 0 Å². The minimum atomic E-state index is 0.0461. The molecule has 1 fully saturated rings. The average molecular weight is 332 g/mol. The number of likely N-dealkylation sites (tertiary alicyclic amines) is 1. The second-order valence-corrected chi connectivity index (χ2v) is 6.96. The molecule has 3 heterocycles. The Balaban J connectivity index is 1.47. The zero-order valence-electron chi connectivity index (χ0n) is 13.8. The summed E-state index contributed by atoms with van der Waals surface area (Å²) in [7, 11) is 0. The Kier molecular flexibility index (Phi) is 5.13. The molecule has 0 bridgehead atoms. The molecule has 2 aromatic heterocycles. The first kappa shape index (κ1) is 16.2. The SMILES string of the molecule is CCn1ncc(CN2CC[C@@H](CNC(=O)c3ccsc3)C2)c1C. The van der Waals surface area contributed by atoms with E-state index in [0.29, 0.717) is 5.92 Å². The van der Waals surface area contributed by atoms with Gasteiger partial charge in [0.05, 0.1) is 6.20 Å². The molecule has 23 heavy (non-hydrogen) atoms. The molecule has 0 aromatic carbocycles. The Morgan fingerprint density at radius 1 is 1.52 bits per heavy atom. The molecule has 1 amide bonds. The Labute approximate surface area is 141 Å². The van der Waals surface area contributed by atoms with Gasteiger partial charge in [-0.15, -0.1) is 0 Å². The molecule has 1 N–H and O–H groups in total. The molecule has 2 aromatic rings. The molecule has 1 aliphatic heterocycles. The van der Waals surface area contributed by atoms with Crippen molar-refractivity contribution in [2.45, 2.75) is 33.4 Å². The molecular weight excluding hydrogens is 308 g/mol.